The van der Waals surface area contributed by atoms with E-state index in [0.717, 1.165) is 17.0 Å². The number of hydrogen-bond donors (Lipinski definition) is 1. The van der Waals surface area contributed by atoms with Gasteiger partial charge < -0.3 is 5.32 Å². The fourth-order valence-electron chi connectivity index (χ4n) is 2.82. The summed E-state index contributed by atoms with van der Waals surface area (Å²) in [6, 6.07) is 5.35. The molecule has 0 aliphatic heterocycles. The first kappa shape index (κ1) is 20.7. The molecule has 1 aromatic carbocycles. The number of hydrogen-bond acceptors (Lipinski definition) is 3. The Kier molecular flexibility index (Phi) is 6.33. The van der Waals surface area contributed by atoms with Crippen molar-refractivity contribution >= 4 is 46.4 Å². The molecule has 9 heteroatoms. The number of nitrogens with zero attached hydrogens (tertiary/aromatic N) is 4. The third-order valence-electron chi connectivity index (χ3n) is 4.47. The quantitative estimate of drug-likeness (QED) is 0.588. The molecule has 0 radical (unpaired) electrons. The Bertz CT molecular complexity index is 991. The van der Waals surface area contributed by atoms with E-state index in [-0.39, 0.29) is 11.8 Å². The third kappa shape index (κ3) is 4.51. The van der Waals surface area contributed by atoms with Crippen molar-refractivity contribution in [2.75, 3.05) is 5.32 Å². The van der Waals surface area contributed by atoms with Crippen LogP contribution < -0.4 is 5.32 Å². The van der Waals surface area contributed by atoms with Crippen LogP contribution in [0.5, 0.6) is 0 Å². The van der Waals surface area contributed by atoms with E-state index in [0.29, 0.717) is 33.8 Å². The second kappa shape index (κ2) is 8.55. The summed E-state index contributed by atoms with van der Waals surface area (Å²) in [6.45, 7) is 6.42. The number of aromatic nitrogens is 4. The van der Waals surface area contributed by atoms with E-state index in [4.69, 9.17) is 34.8 Å². The van der Waals surface area contributed by atoms with Gasteiger partial charge in [0.1, 0.15) is 0 Å². The average Bonchev–Trinajstić information content (AvgIpc) is 3.18. The number of aryl methyl sites for hydroxylation is 1. The van der Waals surface area contributed by atoms with Gasteiger partial charge in [0, 0.05) is 21.8 Å². The predicted octanol–water partition coefficient (Wildman–Crippen LogP) is 4.98. The minimum absolute atomic E-state index is 0.126. The second-order valence-corrected chi connectivity index (χ2v) is 7.88. The van der Waals surface area contributed by atoms with Crippen molar-refractivity contribution in [2.45, 2.75) is 33.9 Å². The molecule has 0 aliphatic rings. The van der Waals surface area contributed by atoms with Crippen LogP contribution in [0.3, 0.4) is 0 Å². The number of amides is 1. The minimum atomic E-state index is -0.296. The molecule has 6 nitrogen and oxygen atoms in total. The number of benzene rings is 1. The number of carbonyl (C=O) groups excluding carboxylic acids is 1. The molecule has 1 N–H and O–H groups in total. The van der Waals surface area contributed by atoms with Crippen molar-refractivity contribution in [2.24, 2.45) is 5.92 Å². The maximum absolute atomic E-state index is 12.5. The van der Waals surface area contributed by atoms with Crippen LogP contribution in [0.4, 0.5) is 5.69 Å². The molecule has 28 heavy (non-hydrogen) atoms. The summed E-state index contributed by atoms with van der Waals surface area (Å²) in [6.07, 6.45) is 3.33. The summed E-state index contributed by atoms with van der Waals surface area (Å²) in [5.41, 5.74) is 2.99. The highest BCUT2D eigenvalue weighted by Gasteiger charge is 2.18. The maximum Gasteiger partial charge on any atom is 0.229 e. The monoisotopic (exact) mass is 439 g/mol. The van der Waals surface area contributed by atoms with Crippen LogP contribution in [-0.2, 0) is 17.9 Å². The Labute approximate surface area is 178 Å². The Morgan fingerprint density at radius 1 is 1.21 bits per heavy atom. The highest BCUT2D eigenvalue weighted by molar-refractivity contribution is 6.36. The Morgan fingerprint density at radius 3 is 2.50 bits per heavy atom. The van der Waals surface area contributed by atoms with Crippen LogP contribution in [0, 0.1) is 19.8 Å². The van der Waals surface area contributed by atoms with Crippen LogP contribution in [-0.4, -0.2) is 25.5 Å². The first-order chi connectivity index (χ1) is 13.3. The molecule has 2 aromatic heterocycles. The van der Waals surface area contributed by atoms with Crippen molar-refractivity contribution in [3.63, 3.8) is 0 Å². The smallest absolute Gasteiger partial charge is 0.229 e. The molecule has 3 rings (SSSR count). The van der Waals surface area contributed by atoms with Crippen LogP contribution >= 0.6 is 34.8 Å². The molecule has 2 heterocycles. The lowest BCUT2D eigenvalue weighted by Gasteiger charge is -2.12. The van der Waals surface area contributed by atoms with Gasteiger partial charge in [0.15, 0.2) is 0 Å². The van der Waals surface area contributed by atoms with E-state index in [1.165, 1.54) is 0 Å². The van der Waals surface area contributed by atoms with Gasteiger partial charge in [0.2, 0.25) is 5.91 Å². The zero-order chi connectivity index (χ0) is 20.4. The second-order valence-electron chi connectivity index (χ2n) is 6.68. The van der Waals surface area contributed by atoms with Gasteiger partial charge in [-0.25, -0.2) is 0 Å². The number of carbonyl (C=O) groups is 1. The summed E-state index contributed by atoms with van der Waals surface area (Å²) in [5, 5.41) is 13.3. The van der Waals surface area contributed by atoms with Crippen LogP contribution in [0.15, 0.2) is 30.6 Å². The largest absolute Gasteiger partial charge is 0.323 e. The van der Waals surface area contributed by atoms with Gasteiger partial charge in [-0.15, -0.1) is 0 Å². The highest BCUT2D eigenvalue weighted by atomic mass is 35.5. The number of halogens is 3. The van der Waals surface area contributed by atoms with Gasteiger partial charge in [-0.3, -0.25) is 14.2 Å². The van der Waals surface area contributed by atoms with Crippen molar-refractivity contribution < 1.29 is 4.79 Å². The van der Waals surface area contributed by atoms with E-state index in [9.17, 15) is 4.79 Å². The molecule has 0 saturated carbocycles. The van der Waals surface area contributed by atoms with Crippen LogP contribution in [0.2, 0.25) is 15.1 Å². The average molecular weight is 441 g/mol. The zero-order valence-electron chi connectivity index (χ0n) is 15.7. The molecular weight excluding hydrogens is 421 g/mol. The third-order valence-corrected chi connectivity index (χ3v) is 5.73. The summed E-state index contributed by atoms with van der Waals surface area (Å²) >= 11 is 18.6. The van der Waals surface area contributed by atoms with Crippen molar-refractivity contribution in [1.82, 2.24) is 19.6 Å². The fourth-order valence-corrected chi connectivity index (χ4v) is 3.47. The van der Waals surface area contributed by atoms with E-state index in [1.54, 1.807) is 40.0 Å². The van der Waals surface area contributed by atoms with Gasteiger partial charge in [0.25, 0.3) is 0 Å². The molecule has 0 spiro atoms. The molecule has 0 fully saturated rings. The van der Waals surface area contributed by atoms with Crippen LogP contribution in [0.25, 0.3) is 0 Å². The van der Waals surface area contributed by atoms with Crippen LogP contribution in [0.1, 0.15) is 23.9 Å². The van der Waals surface area contributed by atoms with E-state index in [1.807, 2.05) is 20.8 Å². The summed E-state index contributed by atoms with van der Waals surface area (Å²) in [7, 11) is 0. The minimum Gasteiger partial charge on any atom is -0.323 e. The number of nitrogens with one attached hydrogen (secondary N) is 1. The molecular formula is C19H20Cl3N5O. The molecule has 148 valence electrons. The van der Waals surface area contributed by atoms with Gasteiger partial charge in [-0.2, -0.15) is 10.2 Å². The predicted molar refractivity (Wildman–Crippen MR) is 112 cm³/mol. The van der Waals surface area contributed by atoms with Crippen molar-refractivity contribution in [3.05, 3.63) is 62.6 Å². The lowest BCUT2D eigenvalue weighted by Crippen LogP contribution is -2.25. The molecule has 1 unspecified atom stereocenters. The summed E-state index contributed by atoms with van der Waals surface area (Å²) in [5.74, 6) is -0.422. The summed E-state index contributed by atoms with van der Waals surface area (Å²) in [4.78, 5) is 12.5. The topological polar surface area (TPSA) is 64.7 Å². The lowest BCUT2D eigenvalue weighted by atomic mass is 10.1. The molecule has 1 amide bonds. The summed E-state index contributed by atoms with van der Waals surface area (Å²) < 4.78 is 3.43. The first-order valence-electron chi connectivity index (χ1n) is 8.72. The fraction of sp³-hybridized carbons (Fsp3) is 0.316. The normalized spacial score (nSPS) is 12.2. The van der Waals surface area contributed by atoms with E-state index in [2.05, 4.69) is 15.5 Å². The molecule has 1 atom stereocenters. The molecule has 0 aliphatic carbocycles. The Hall–Kier alpha value is -2.02. The maximum atomic E-state index is 12.5. The van der Waals surface area contributed by atoms with Gasteiger partial charge in [-0.05, 0) is 26.0 Å². The van der Waals surface area contributed by atoms with Gasteiger partial charge >= 0.3 is 0 Å². The zero-order valence-corrected chi connectivity index (χ0v) is 18.0. The molecule has 3 aromatic rings. The molecule has 0 saturated heterocycles. The van der Waals surface area contributed by atoms with Crippen molar-refractivity contribution in [3.8, 4) is 0 Å². The van der Waals surface area contributed by atoms with Crippen molar-refractivity contribution in [1.29, 1.82) is 0 Å². The first-order valence-corrected chi connectivity index (χ1v) is 9.85. The number of rotatable bonds is 6. The SMILES string of the molecule is Cc1nn(CC(C)C(=O)Nc2cnn(Cc3c(Cl)cccc3Cl)c2)c(C)c1Cl. The van der Waals surface area contributed by atoms with E-state index >= 15 is 0 Å². The molecule has 0 bridgehead atoms. The van der Waals surface area contributed by atoms with Gasteiger partial charge in [0.05, 0.1) is 47.3 Å². The highest BCUT2D eigenvalue weighted by Crippen LogP contribution is 2.25. The number of anilines is 1. The standard InChI is InChI=1S/C19H20Cl3N5O/c1-11(8-27-13(3)18(22)12(2)25-27)19(28)24-14-7-23-26(9-14)10-15-16(20)5-4-6-17(15)21/h4-7,9,11H,8,10H2,1-3H3,(H,24,28). The van der Waals surface area contributed by atoms with E-state index < -0.39 is 0 Å². The lowest BCUT2D eigenvalue weighted by molar-refractivity contribution is -0.119. The van der Waals surface area contributed by atoms with Gasteiger partial charge in [-0.1, -0.05) is 47.8 Å². The Balaban J connectivity index is 1.64. The Morgan fingerprint density at radius 2 is 1.89 bits per heavy atom.